The first-order chi connectivity index (χ1) is 14.4. The van der Waals surface area contributed by atoms with E-state index in [4.69, 9.17) is 0 Å². The topological polar surface area (TPSA) is 96.7 Å². The number of carbonyl (C=O) groups excluding carboxylic acids is 2. The van der Waals surface area contributed by atoms with Crippen LogP contribution in [-0.4, -0.2) is 53.6 Å². The third-order valence-electron chi connectivity index (χ3n) is 7.01. The molecule has 7 heteroatoms. The van der Waals surface area contributed by atoms with Crippen molar-refractivity contribution in [3.05, 3.63) is 23.8 Å². The normalized spacial score (nSPS) is 29.2. The van der Waals surface area contributed by atoms with Gasteiger partial charge in [-0.15, -0.1) is 0 Å². The molecule has 1 spiro atoms. The summed E-state index contributed by atoms with van der Waals surface area (Å²) in [5.74, 6) is 0.0809. The second-order valence-corrected chi connectivity index (χ2v) is 9.04. The molecule has 2 heterocycles. The number of hydrogen-bond donors (Lipinski definition) is 2. The van der Waals surface area contributed by atoms with E-state index in [1.807, 2.05) is 12.1 Å². The first kappa shape index (κ1) is 20.7. The highest BCUT2D eigenvalue weighted by atomic mass is 16.3. The molecule has 3 fully saturated rings. The Labute approximate surface area is 177 Å². The number of likely N-dealkylation sites (tertiary alicyclic amines) is 1. The molecule has 1 atom stereocenters. The second-order valence-electron chi connectivity index (χ2n) is 9.04. The second kappa shape index (κ2) is 8.27. The van der Waals surface area contributed by atoms with E-state index in [9.17, 15) is 20.0 Å². The Balaban J connectivity index is 1.52. The van der Waals surface area contributed by atoms with Crippen LogP contribution in [0.15, 0.2) is 18.2 Å². The van der Waals surface area contributed by atoms with Crippen LogP contribution >= 0.6 is 0 Å². The number of aliphatic hydroxyl groups is 1. The van der Waals surface area contributed by atoms with Gasteiger partial charge in [-0.2, -0.15) is 5.26 Å². The smallest absolute Gasteiger partial charge is 0.230 e. The lowest BCUT2D eigenvalue weighted by Crippen LogP contribution is -2.50. The van der Waals surface area contributed by atoms with Crippen molar-refractivity contribution in [2.75, 3.05) is 29.9 Å². The minimum absolute atomic E-state index is 0.171. The molecule has 0 radical (unpaired) electrons. The van der Waals surface area contributed by atoms with Crippen LogP contribution in [0, 0.1) is 16.7 Å². The molecule has 3 aliphatic rings. The number of nitrogens with zero attached hydrogens (tertiary/aromatic N) is 3. The summed E-state index contributed by atoms with van der Waals surface area (Å²) < 4.78 is 0. The summed E-state index contributed by atoms with van der Waals surface area (Å²) in [6.45, 7) is 3.68. The monoisotopic (exact) mass is 410 g/mol. The number of hydrogen-bond acceptors (Lipinski definition) is 5. The van der Waals surface area contributed by atoms with Gasteiger partial charge in [0.15, 0.2) is 0 Å². The van der Waals surface area contributed by atoms with Crippen LogP contribution in [0.5, 0.6) is 0 Å². The fraction of sp³-hybridized carbons (Fsp3) is 0.609. The highest BCUT2D eigenvalue weighted by Gasteiger charge is 2.50. The van der Waals surface area contributed by atoms with Crippen molar-refractivity contribution in [3.8, 4) is 6.07 Å². The van der Waals surface area contributed by atoms with Gasteiger partial charge in [0.25, 0.3) is 0 Å². The summed E-state index contributed by atoms with van der Waals surface area (Å²) in [5.41, 5.74) is 1.58. The summed E-state index contributed by atoms with van der Waals surface area (Å²) in [6.07, 6.45) is 5.77. The average molecular weight is 411 g/mol. The van der Waals surface area contributed by atoms with Crippen LogP contribution in [0.25, 0.3) is 0 Å². The molecule has 1 aromatic rings. The summed E-state index contributed by atoms with van der Waals surface area (Å²) in [5, 5.41) is 22.2. The van der Waals surface area contributed by atoms with Gasteiger partial charge >= 0.3 is 0 Å². The summed E-state index contributed by atoms with van der Waals surface area (Å²) in [4.78, 5) is 29.1. The molecule has 7 nitrogen and oxygen atoms in total. The molecule has 160 valence electrons. The van der Waals surface area contributed by atoms with E-state index < -0.39 is 0 Å². The number of aliphatic hydroxyl groups excluding tert-OH is 1. The van der Waals surface area contributed by atoms with E-state index in [1.54, 1.807) is 6.07 Å². The molecule has 0 aromatic heterocycles. The van der Waals surface area contributed by atoms with Crippen molar-refractivity contribution in [3.63, 3.8) is 0 Å². The van der Waals surface area contributed by atoms with Crippen molar-refractivity contribution >= 4 is 23.2 Å². The Bertz CT molecular complexity index is 872. The molecule has 4 rings (SSSR count). The first-order valence-corrected chi connectivity index (χ1v) is 11.0. The molecule has 1 aromatic carbocycles. The van der Waals surface area contributed by atoms with E-state index in [0.29, 0.717) is 17.8 Å². The lowest BCUT2D eigenvalue weighted by molar-refractivity contribution is -0.139. The zero-order chi connectivity index (χ0) is 21.3. The zero-order valence-electron chi connectivity index (χ0n) is 17.6. The number of anilines is 2. The van der Waals surface area contributed by atoms with Crippen LogP contribution in [0.4, 0.5) is 11.4 Å². The minimum Gasteiger partial charge on any atom is -0.393 e. The predicted octanol–water partition coefficient (Wildman–Crippen LogP) is 2.64. The van der Waals surface area contributed by atoms with Crippen LogP contribution in [0.2, 0.25) is 0 Å². The predicted molar refractivity (Wildman–Crippen MR) is 114 cm³/mol. The van der Waals surface area contributed by atoms with Crippen LogP contribution < -0.4 is 10.2 Å². The number of carbonyl (C=O) groups is 2. The maximum atomic E-state index is 13.5. The number of nitrogens with one attached hydrogen (secondary N) is 1. The molecule has 0 bridgehead atoms. The van der Waals surface area contributed by atoms with Gasteiger partial charge in [-0.05, 0) is 63.1 Å². The third kappa shape index (κ3) is 3.89. The minimum atomic E-state index is -0.378. The molecule has 2 N–H and O–H groups in total. The summed E-state index contributed by atoms with van der Waals surface area (Å²) >= 11 is 0. The Hall–Kier alpha value is -2.59. The standard InChI is InChI=1S/C23H30N4O3/c1-16(28)25-18-3-8-21(17(13-18)14-24)26-11-2-9-23(15-26)10-12-27(22(23)30)19-4-6-20(29)7-5-19/h3,8,13,19-20,29H,2,4-7,9-12,15H2,1H3,(H,25,28)/t19-,20-,23?. The van der Waals surface area contributed by atoms with Gasteiger partial charge in [-0.3, -0.25) is 9.59 Å². The molecule has 2 saturated heterocycles. The van der Waals surface area contributed by atoms with Gasteiger partial charge in [0.05, 0.1) is 22.8 Å². The molecule has 2 amide bonds. The van der Waals surface area contributed by atoms with Crippen molar-refractivity contribution < 1.29 is 14.7 Å². The SMILES string of the molecule is CC(=O)Nc1ccc(N2CCCC3(CCN([C@H]4CC[C@H](O)CC4)C3=O)C2)c(C#N)c1. The van der Waals surface area contributed by atoms with Crippen LogP contribution in [-0.2, 0) is 9.59 Å². The molecular weight excluding hydrogens is 380 g/mol. The van der Waals surface area contributed by atoms with Crippen molar-refractivity contribution in [2.24, 2.45) is 5.41 Å². The molecule has 30 heavy (non-hydrogen) atoms. The average Bonchev–Trinajstić information content (AvgIpc) is 3.03. The van der Waals surface area contributed by atoms with Gasteiger partial charge in [0, 0.05) is 38.3 Å². The lowest BCUT2D eigenvalue weighted by atomic mass is 9.78. The van der Waals surface area contributed by atoms with Gasteiger partial charge in [0.2, 0.25) is 11.8 Å². The van der Waals surface area contributed by atoms with E-state index in [0.717, 1.165) is 63.7 Å². The van der Waals surface area contributed by atoms with Gasteiger partial charge in [-0.25, -0.2) is 0 Å². The fourth-order valence-electron chi connectivity index (χ4n) is 5.46. The largest absolute Gasteiger partial charge is 0.393 e. The highest BCUT2D eigenvalue weighted by molar-refractivity contribution is 5.89. The zero-order valence-corrected chi connectivity index (χ0v) is 17.6. The van der Waals surface area contributed by atoms with E-state index in [-0.39, 0.29) is 29.4 Å². The summed E-state index contributed by atoms with van der Waals surface area (Å²) in [7, 11) is 0. The molecular formula is C23H30N4O3. The Kier molecular flexibility index (Phi) is 5.70. The van der Waals surface area contributed by atoms with Crippen LogP contribution in [0.1, 0.15) is 57.4 Å². The maximum absolute atomic E-state index is 13.5. The Morgan fingerprint density at radius 1 is 1.23 bits per heavy atom. The number of piperidine rings is 1. The van der Waals surface area contributed by atoms with E-state index in [1.165, 1.54) is 6.92 Å². The van der Waals surface area contributed by atoms with Crippen molar-refractivity contribution in [1.82, 2.24) is 4.90 Å². The number of rotatable bonds is 3. The fourth-order valence-corrected chi connectivity index (χ4v) is 5.46. The molecule has 1 aliphatic carbocycles. The number of benzene rings is 1. The summed E-state index contributed by atoms with van der Waals surface area (Å²) in [6, 6.07) is 7.90. The molecule has 1 saturated carbocycles. The van der Waals surface area contributed by atoms with Crippen LogP contribution in [0.3, 0.4) is 0 Å². The van der Waals surface area contributed by atoms with Crippen molar-refractivity contribution in [1.29, 1.82) is 5.26 Å². The highest BCUT2D eigenvalue weighted by Crippen LogP contribution is 2.44. The quantitative estimate of drug-likeness (QED) is 0.799. The molecule has 2 aliphatic heterocycles. The lowest BCUT2D eigenvalue weighted by Gasteiger charge is -2.41. The van der Waals surface area contributed by atoms with Gasteiger partial charge < -0.3 is 20.2 Å². The Morgan fingerprint density at radius 3 is 2.70 bits per heavy atom. The van der Waals surface area contributed by atoms with E-state index >= 15 is 0 Å². The molecule has 1 unspecified atom stereocenters. The van der Waals surface area contributed by atoms with Gasteiger partial charge in [-0.1, -0.05) is 0 Å². The Morgan fingerprint density at radius 2 is 2.00 bits per heavy atom. The number of nitriles is 1. The van der Waals surface area contributed by atoms with E-state index in [2.05, 4.69) is 21.2 Å². The third-order valence-corrected chi connectivity index (χ3v) is 7.01. The maximum Gasteiger partial charge on any atom is 0.230 e. The van der Waals surface area contributed by atoms with Gasteiger partial charge in [0.1, 0.15) is 6.07 Å². The number of amides is 2. The first-order valence-electron chi connectivity index (χ1n) is 11.0. The van der Waals surface area contributed by atoms with Crippen molar-refractivity contribution in [2.45, 2.75) is 64.0 Å².